The summed E-state index contributed by atoms with van der Waals surface area (Å²) in [6.45, 7) is 0.384. The molecule has 3 N–H and O–H groups in total. The first-order valence-electron chi connectivity index (χ1n) is 7.22. The summed E-state index contributed by atoms with van der Waals surface area (Å²) >= 11 is 7.10. The van der Waals surface area contributed by atoms with E-state index in [1.165, 1.54) is 11.3 Å². The van der Waals surface area contributed by atoms with Crippen LogP contribution < -0.4 is 16.2 Å². The number of hydrogen-bond acceptors (Lipinski definition) is 4. The van der Waals surface area contributed by atoms with E-state index in [1.807, 2.05) is 5.38 Å². The Hall–Kier alpha value is -2.38. The predicted octanol–water partition coefficient (Wildman–Crippen LogP) is 2.37. The van der Waals surface area contributed by atoms with Crippen molar-refractivity contribution in [2.75, 3.05) is 6.54 Å². The zero-order valence-electron chi connectivity index (χ0n) is 12.7. The second-order valence-electron chi connectivity index (χ2n) is 4.85. The molecule has 24 heavy (non-hydrogen) atoms. The SMILES string of the molecule is O=C(CCCNC(=O)c1cccs1)NNC(=O)c1ccc(Cl)cc1. The average Bonchev–Trinajstić information content (AvgIpc) is 3.11. The number of carbonyl (C=O) groups excluding carboxylic acids is 3. The molecule has 1 aromatic heterocycles. The van der Waals surface area contributed by atoms with Gasteiger partial charge in [0.05, 0.1) is 4.88 Å². The Bertz CT molecular complexity index is 702. The highest BCUT2D eigenvalue weighted by Crippen LogP contribution is 2.09. The van der Waals surface area contributed by atoms with Gasteiger partial charge in [-0.1, -0.05) is 17.7 Å². The zero-order valence-corrected chi connectivity index (χ0v) is 14.2. The molecule has 0 unspecified atom stereocenters. The van der Waals surface area contributed by atoms with Crippen LogP contribution in [0.15, 0.2) is 41.8 Å². The number of amides is 3. The highest BCUT2D eigenvalue weighted by molar-refractivity contribution is 7.12. The van der Waals surface area contributed by atoms with Gasteiger partial charge in [0.25, 0.3) is 11.8 Å². The summed E-state index contributed by atoms with van der Waals surface area (Å²) in [6, 6.07) is 9.84. The van der Waals surface area contributed by atoms with Crippen molar-refractivity contribution >= 4 is 40.7 Å². The topological polar surface area (TPSA) is 87.3 Å². The molecule has 2 aromatic rings. The first-order chi connectivity index (χ1) is 11.6. The van der Waals surface area contributed by atoms with Crippen molar-refractivity contribution in [2.24, 2.45) is 0 Å². The molecule has 0 saturated heterocycles. The molecule has 0 saturated carbocycles. The third kappa shape index (κ3) is 5.68. The van der Waals surface area contributed by atoms with Gasteiger partial charge in [-0.3, -0.25) is 25.2 Å². The fourth-order valence-corrected chi connectivity index (χ4v) is 2.57. The average molecular weight is 366 g/mol. The van der Waals surface area contributed by atoms with Crippen LogP contribution in [0.5, 0.6) is 0 Å². The number of nitrogens with one attached hydrogen (secondary N) is 3. The number of hydrazine groups is 1. The van der Waals surface area contributed by atoms with Crippen molar-refractivity contribution in [3.8, 4) is 0 Å². The molecule has 6 nitrogen and oxygen atoms in total. The van der Waals surface area contributed by atoms with Crippen molar-refractivity contribution in [3.63, 3.8) is 0 Å². The van der Waals surface area contributed by atoms with E-state index >= 15 is 0 Å². The summed E-state index contributed by atoms with van der Waals surface area (Å²) in [6.07, 6.45) is 0.658. The molecule has 3 amide bonds. The standard InChI is InChI=1S/C16H16ClN3O3S/c17-12-7-5-11(6-8-12)15(22)20-19-14(21)4-1-9-18-16(23)13-3-2-10-24-13/h2-3,5-8,10H,1,4,9H2,(H,18,23)(H,19,21)(H,20,22). The van der Waals surface area contributed by atoms with Crippen molar-refractivity contribution in [1.82, 2.24) is 16.2 Å². The third-order valence-corrected chi connectivity index (χ3v) is 4.15. The van der Waals surface area contributed by atoms with Gasteiger partial charge in [0, 0.05) is 23.6 Å². The van der Waals surface area contributed by atoms with Gasteiger partial charge in [0.1, 0.15) is 0 Å². The molecule has 126 valence electrons. The lowest BCUT2D eigenvalue weighted by atomic mass is 10.2. The molecular formula is C16H16ClN3O3S. The Morgan fingerprint density at radius 1 is 1.00 bits per heavy atom. The van der Waals surface area contributed by atoms with E-state index in [1.54, 1.807) is 36.4 Å². The molecule has 0 aliphatic heterocycles. The molecule has 2 rings (SSSR count). The van der Waals surface area contributed by atoms with E-state index < -0.39 is 5.91 Å². The molecule has 8 heteroatoms. The van der Waals surface area contributed by atoms with E-state index in [0.717, 1.165) is 0 Å². The fourth-order valence-electron chi connectivity index (χ4n) is 1.81. The van der Waals surface area contributed by atoms with Crippen LogP contribution in [0.4, 0.5) is 0 Å². The van der Waals surface area contributed by atoms with Gasteiger partial charge in [-0.2, -0.15) is 0 Å². The first-order valence-corrected chi connectivity index (χ1v) is 8.48. The number of rotatable bonds is 6. The Balaban J connectivity index is 1.62. The minimum atomic E-state index is -0.425. The molecule has 0 aliphatic rings. The van der Waals surface area contributed by atoms with Gasteiger partial charge in [0.2, 0.25) is 5.91 Å². The highest BCUT2D eigenvalue weighted by Gasteiger charge is 2.08. The quantitative estimate of drug-likeness (QED) is 0.542. The summed E-state index contributed by atoms with van der Waals surface area (Å²) in [7, 11) is 0. The lowest BCUT2D eigenvalue weighted by molar-refractivity contribution is -0.121. The molecular weight excluding hydrogens is 350 g/mol. The summed E-state index contributed by atoms with van der Waals surface area (Å²) in [4.78, 5) is 35.7. The molecule has 0 aliphatic carbocycles. The van der Waals surface area contributed by atoms with E-state index in [9.17, 15) is 14.4 Å². The number of carbonyl (C=O) groups is 3. The van der Waals surface area contributed by atoms with Gasteiger partial charge in [-0.25, -0.2) is 0 Å². The first kappa shape index (κ1) is 18.0. The number of benzene rings is 1. The van der Waals surface area contributed by atoms with Crippen LogP contribution in [0.25, 0.3) is 0 Å². The Kier molecular flexibility index (Phi) is 6.77. The molecule has 0 atom stereocenters. The normalized spacial score (nSPS) is 10.0. The lowest BCUT2D eigenvalue weighted by Gasteiger charge is -2.08. The van der Waals surface area contributed by atoms with Crippen LogP contribution in [0.1, 0.15) is 32.9 Å². The van der Waals surface area contributed by atoms with E-state index in [4.69, 9.17) is 11.6 Å². The summed E-state index contributed by atoms with van der Waals surface area (Å²) < 4.78 is 0. The fraction of sp³-hybridized carbons (Fsp3) is 0.188. The van der Waals surface area contributed by atoms with E-state index in [0.29, 0.717) is 28.4 Å². The van der Waals surface area contributed by atoms with Gasteiger partial charge in [-0.15, -0.1) is 11.3 Å². The highest BCUT2D eigenvalue weighted by atomic mass is 35.5. The Morgan fingerprint density at radius 2 is 1.75 bits per heavy atom. The number of thiophene rings is 1. The lowest BCUT2D eigenvalue weighted by Crippen LogP contribution is -2.41. The monoisotopic (exact) mass is 365 g/mol. The van der Waals surface area contributed by atoms with Crippen molar-refractivity contribution in [1.29, 1.82) is 0 Å². The van der Waals surface area contributed by atoms with Crippen LogP contribution in [0.3, 0.4) is 0 Å². The molecule has 1 heterocycles. The van der Waals surface area contributed by atoms with Crippen LogP contribution in [0, 0.1) is 0 Å². The third-order valence-electron chi connectivity index (χ3n) is 3.03. The smallest absolute Gasteiger partial charge is 0.269 e. The molecule has 0 fully saturated rings. The zero-order chi connectivity index (χ0) is 17.4. The summed E-state index contributed by atoms with van der Waals surface area (Å²) in [5, 5.41) is 5.08. The van der Waals surface area contributed by atoms with Crippen LogP contribution >= 0.6 is 22.9 Å². The number of halogens is 1. The van der Waals surface area contributed by atoms with Crippen LogP contribution in [0.2, 0.25) is 5.02 Å². The van der Waals surface area contributed by atoms with Crippen molar-refractivity contribution in [3.05, 3.63) is 57.2 Å². The minimum Gasteiger partial charge on any atom is -0.351 e. The second-order valence-corrected chi connectivity index (χ2v) is 6.23. The summed E-state index contributed by atoms with van der Waals surface area (Å²) in [5.74, 6) is -0.907. The number of hydrogen-bond donors (Lipinski definition) is 3. The minimum absolute atomic E-state index is 0.151. The summed E-state index contributed by atoms with van der Waals surface area (Å²) in [5.41, 5.74) is 5.04. The maximum Gasteiger partial charge on any atom is 0.269 e. The molecule has 1 aromatic carbocycles. The molecule has 0 bridgehead atoms. The maximum atomic E-state index is 11.8. The van der Waals surface area contributed by atoms with Gasteiger partial charge >= 0.3 is 0 Å². The van der Waals surface area contributed by atoms with E-state index in [-0.39, 0.29) is 18.2 Å². The maximum absolute atomic E-state index is 11.8. The molecule has 0 radical (unpaired) electrons. The Morgan fingerprint density at radius 3 is 2.42 bits per heavy atom. The van der Waals surface area contributed by atoms with Gasteiger partial charge in [0.15, 0.2) is 0 Å². The van der Waals surface area contributed by atoms with Gasteiger partial charge < -0.3 is 5.32 Å². The molecule has 0 spiro atoms. The predicted molar refractivity (Wildman–Crippen MR) is 92.9 cm³/mol. The van der Waals surface area contributed by atoms with Crippen LogP contribution in [-0.2, 0) is 4.79 Å². The van der Waals surface area contributed by atoms with Crippen molar-refractivity contribution < 1.29 is 14.4 Å². The van der Waals surface area contributed by atoms with Gasteiger partial charge in [-0.05, 0) is 42.1 Å². The van der Waals surface area contributed by atoms with Crippen molar-refractivity contribution in [2.45, 2.75) is 12.8 Å². The Labute approximate surface area is 148 Å². The van der Waals surface area contributed by atoms with Crippen LogP contribution in [-0.4, -0.2) is 24.3 Å². The second kappa shape index (κ2) is 9.05. The largest absolute Gasteiger partial charge is 0.351 e. The van der Waals surface area contributed by atoms with E-state index in [2.05, 4.69) is 16.2 Å².